The predicted molar refractivity (Wildman–Crippen MR) is 44.0 cm³/mol. The molecule has 1 aromatic rings. The van der Waals surface area contributed by atoms with Crippen LogP contribution in [0.1, 0.15) is 5.56 Å². The first-order chi connectivity index (χ1) is 5.15. The molecular formula is C7H6Cl2O2. The van der Waals surface area contributed by atoms with Gasteiger partial charge in [0.05, 0.1) is 16.7 Å². The van der Waals surface area contributed by atoms with E-state index in [1.807, 2.05) is 0 Å². The second-order valence-corrected chi connectivity index (χ2v) is 2.87. The Labute approximate surface area is 74.0 Å². The number of aliphatic hydroxyl groups is 1. The molecule has 0 saturated carbocycles. The van der Waals surface area contributed by atoms with Gasteiger partial charge in [0, 0.05) is 11.6 Å². The number of hydrogen-bond acceptors (Lipinski definition) is 2. The number of benzene rings is 1. The lowest BCUT2D eigenvalue weighted by Gasteiger charge is -2.02. The standard InChI is InChI=1S/C7H6Cl2O2/c8-5-1-4(3-10)7(11)2-6(5)9/h1-2,10-11H,3H2. The molecule has 11 heavy (non-hydrogen) atoms. The molecule has 2 N–H and O–H groups in total. The third-order valence-corrected chi connectivity index (χ3v) is 2.01. The van der Waals surface area contributed by atoms with Gasteiger partial charge in [0.2, 0.25) is 0 Å². The third kappa shape index (κ3) is 1.77. The van der Waals surface area contributed by atoms with Crippen molar-refractivity contribution in [2.75, 3.05) is 0 Å². The van der Waals surface area contributed by atoms with Crippen LogP contribution in [0.3, 0.4) is 0 Å². The molecule has 0 fully saturated rings. The molecule has 0 aliphatic carbocycles. The van der Waals surface area contributed by atoms with Gasteiger partial charge in [0.1, 0.15) is 5.75 Å². The second kappa shape index (κ2) is 3.30. The van der Waals surface area contributed by atoms with Gasteiger partial charge in [-0.2, -0.15) is 0 Å². The maximum absolute atomic E-state index is 9.11. The summed E-state index contributed by atoms with van der Waals surface area (Å²) >= 11 is 11.2. The van der Waals surface area contributed by atoms with E-state index in [2.05, 4.69) is 0 Å². The van der Waals surface area contributed by atoms with Crippen molar-refractivity contribution in [3.8, 4) is 5.75 Å². The lowest BCUT2D eigenvalue weighted by atomic mass is 10.2. The van der Waals surface area contributed by atoms with E-state index in [0.717, 1.165) is 0 Å². The molecule has 0 atom stereocenters. The van der Waals surface area contributed by atoms with Crippen LogP contribution < -0.4 is 0 Å². The number of phenols is 1. The van der Waals surface area contributed by atoms with Crippen LogP contribution in [0.25, 0.3) is 0 Å². The Morgan fingerprint density at radius 3 is 2.27 bits per heavy atom. The Balaban J connectivity index is 3.21. The SMILES string of the molecule is OCc1cc(Cl)c(Cl)cc1O. The monoisotopic (exact) mass is 192 g/mol. The summed E-state index contributed by atoms with van der Waals surface area (Å²) in [5.74, 6) is -0.0399. The summed E-state index contributed by atoms with van der Waals surface area (Å²) in [5.41, 5.74) is 0.374. The molecule has 4 heteroatoms. The first-order valence-corrected chi connectivity index (χ1v) is 3.68. The molecule has 0 spiro atoms. The normalized spacial score (nSPS) is 10.1. The third-order valence-electron chi connectivity index (χ3n) is 1.29. The maximum Gasteiger partial charge on any atom is 0.122 e. The molecule has 2 nitrogen and oxygen atoms in total. The van der Waals surface area contributed by atoms with Crippen molar-refractivity contribution in [3.63, 3.8) is 0 Å². The summed E-state index contributed by atoms with van der Waals surface area (Å²) in [4.78, 5) is 0. The quantitative estimate of drug-likeness (QED) is 0.717. The van der Waals surface area contributed by atoms with Crippen molar-refractivity contribution in [1.82, 2.24) is 0 Å². The molecule has 0 bridgehead atoms. The van der Waals surface area contributed by atoms with Crippen molar-refractivity contribution >= 4 is 23.2 Å². The fourth-order valence-electron chi connectivity index (χ4n) is 0.704. The van der Waals surface area contributed by atoms with E-state index < -0.39 is 0 Å². The minimum atomic E-state index is -0.247. The van der Waals surface area contributed by atoms with E-state index >= 15 is 0 Å². The van der Waals surface area contributed by atoms with Gasteiger partial charge in [-0.25, -0.2) is 0 Å². The largest absolute Gasteiger partial charge is 0.508 e. The highest BCUT2D eigenvalue weighted by atomic mass is 35.5. The number of aromatic hydroxyl groups is 1. The van der Waals surface area contributed by atoms with Gasteiger partial charge in [-0.15, -0.1) is 0 Å². The van der Waals surface area contributed by atoms with Crippen LogP contribution >= 0.6 is 23.2 Å². The highest BCUT2D eigenvalue weighted by molar-refractivity contribution is 6.42. The first-order valence-electron chi connectivity index (χ1n) is 2.93. The molecule has 0 aromatic heterocycles. The lowest BCUT2D eigenvalue weighted by Crippen LogP contribution is -1.84. The Morgan fingerprint density at radius 2 is 1.73 bits per heavy atom. The molecule has 1 rings (SSSR count). The van der Waals surface area contributed by atoms with Crippen molar-refractivity contribution in [2.45, 2.75) is 6.61 Å². The van der Waals surface area contributed by atoms with Crippen LogP contribution in [0, 0.1) is 0 Å². The average Bonchev–Trinajstić information content (AvgIpc) is 1.97. The van der Waals surface area contributed by atoms with E-state index in [0.29, 0.717) is 10.6 Å². The zero-order chi connectivity index (χ0) is 8.43. The van der Waals surface area contributed by atoms with Crippen LogP contribution in [-0.2, 0) is 6.61 Å². The van der Waals surface area contributed by atoms with Gasteiger partial charge in [-0.3, -0.25) is 0 Å². The molecule has 0 aliphatic rings. The minimum absolute atomic E-state index is 0.0399. The van der Waals surface area contributed by atoms with E-state index in [1.54, 1.807) is 0 Å². The Morgan fingerprint density at radius 1 is 1.18 bits per heavy atom. The topological polar surface area (TPSA) is 40.5 Å². The summed E-state index contributed by atoms with van der Waals surface area (Å²) in [7, 11) is 0. The van der Waals surface area contributed by atoms with Gasteiger partial charge >= 0.3 is 0 Å². The summed E-state index contributed by atoms with van der Waals surface area (Å²) in [6, 6.07) is 2.73. The Kier molecular flexibility index (Phi) is 2.60. The fourth-order valence-corrected chi connectivity index (χ4v) is 1.05. The minimum Gasteiger partial charge on any atom is -0.508 e. The molecule has 0 amide bonds. The first kappa shape index (κ1) is 8.65. The Hall–Kier alpha value is -0.440. The molecule has 0 saturated heterocycles. The van der Waals surface area contributed by atoms with Gasteiger partial charge in [0.25, 0.3) is 0 Å². The molecule has 1 aromatic carbocycles. The molecular weight excluding hydrogens is 187 g/mol. The number of rotatable bonds is 1. The van der Waals surface area contributed by atoms with Gasteiger partial charge in [-0.1, -0.05) is 23.2 Å². The summed E-state index contributed by atoms with van der Waals surface area (Å²) < 4.78 is 0. The average molecular weight is 193 g/mol. The molecule has 0 heterocycles. The smallest absolute Gasteiger partial charge is 0.122 e. The zero-order valence-corrected chi connectivity index (χ0v) is 7.02. The highest BCUT2D eigenvalue weighted by Crippen LogP contribution is 2.29. The molecule has 0 aliphatic heterocycles. The summed E-state index contributed by atoms with van der Waals surface area (Å²) in [6.07, 6.45) is 0. The van der Waals surface area contributed by atoms with E-state index in [1.165, 1.54) is 12.1 Å². The lowest BCUT2D eigenvalue weighted by molar-refractivity contribution is 0.275. The van der Waals surface area contributed by atoms with Crippen molar-refractivity contribution in [2.24, 2.45) is 0 Å². The van der Waals surface area contributed by atoms with Crippen molar-refractivity contribution in [3.05, 3.63) is 27.7 Å². The van der Waals surface area contributed by atoms with Crippen LogP contribution in [0.15, 0.2) is 12.1 Å². The summed E-state index contributed by atoms with van der Waals surface area (Å²) in [6.45, 7) is -0.247. The van der Waals surface area contributed by atoms with Crippen molar-refractivity contribution in [1.29, 1.82) is 0 Å². The number of hydrogen-bond donors (Lipinski definition) is 2. The second-order valence-electron chi connectivity index (χ2n) is 2.05. The van der Waals surface area contributed by atoms with Crippen LogP contribution in [0.4, 0.5) is 0 Å². The van der Waals surface area contributed by atoms with Gasteiger partial charge in [0.15, 0.2) is 0 Å². The molecule has 0 unspecified atom stereocenters. The summed E-state index contributed by atoms with van der Waals surface area (Å²) in [5, 5.41) is 18.4. The van der Waals surface area contributed by atoms with Crippen molar-refractivity contribution < 1.29 is 10.2 Å². The fraction of sp³-hybridized carbons (Fsp3) is 0.143. The van der Waals surface area contributed by atoms with Crippen LogP contribution in [0.5, 0.6) is 5.75 Å². The Bertz CT molecular complexity index is 273. The van der Waals surface area contributed by atoms with E-state index in [4.69, 9.17) is 33.4 Å². The number of aliphatic hydroxyl groups excluding tert-OH is 1. The van der Waals surface area contributed by atoms with Gasteiger partial charge < -0.3 is 10.2 Å². The maximum atomic E-state index is 9.11. The number of halogens is 2. The van der Waals surface area contributed by atoms with Crippen LogP contribution in [0.2, 0.25) is 10.0 Å². The van der Waals surface area contributed by atoms with Crippen LogP contribution in [-0.4, -0.2) is 10.2 Å². The van der Waals surface area contributed by atoms with Gasteiger partial charge in [-0.05, 0) is 6.07 Å². The van der Waals surface area contributed by atoms with E-state index in [-0.39, 0.29) is 17.4 Å². The van der Waals surface area contributed by atoms with E-state index in [9.17, 15) is 0 Å². The highest BCUT2D eigenvalue weighted by Gasteiger charge is 2.04. The molecule has 0 radical (unpaired) electrons. The zero-order valence-electron chi connectivity index (χ0n) is 5.51. The molecule has 60 valence electrons. The predicted octanol–water partition coefficient (Wildman–Crippen LogP) is 2.19.